The number of nitrogen functional groups attached to an aromatic ring is 1. The Morgan fingerprint density at radius 2 is 1.71 bits per heavy atom. The lowest BCUT2D eigenvalue weighted by atomic mass is 9.90. The quantitative estimate of drug-likeness (QED) is 0.690. The Bertz CT molecular complexity index is 923. The van der Waals surface area contributed by atoms with Crippen LogP contribution in [-0.2, 0) is 6.42 Å². The Labute approximate surface area is 164 Å². The van der Waals surface area contributed by atoms with Gasteiger partial charge in [-0.1, -0.05) is 42.5 Å². The van der Waals surface area contributed by atoms with Gasteiger partial charge in [0.05, 0.1) is 5.69 Å². The lowest BCUT2D eigenvalue weighted by Crippen LogP contribution is -2.35. The standard InChI is InChI=1S/C22H24FN5/c23-18-8-4-5-9-19(18)27-21-20(24)22(26-15-25-21)28-12-10-17(11-13-28)14-16-6-2-1-3-7-16/h1-9,15,17H,10-14,24H2,(H,25,26,27). The zero-order valence-corrected chi connectivity index (χ0v) is 15.7. The number of hydrogen-bond acceptors (Lipinski definition) is 5. The summed E-state index contributed by atoms with van der Waals surface area (Å²) in [5.41, 5.74) is 8.51. The number of nitrogens with zero attached hydrogens (tertiary/aromatic N) is 3. The molecule has 0 amide bonds. The third-order valence-electron chi connectivity index (χ3n) is 5.27. The maximum absolute atomic E-state index is 13.9. The van der Waals surface area contributed by atoms with Gasteiger partial charge in [0, 0.05) is 13.1 Å². The van der Waals surface area contributed by atoms with Gasteiger partial charge < -0.3 is 16.0 Å². The van der Waals surface area contributed by atoms with Gasteiger partial charge in [0.25, 0.3) is 0 Å². The zero-order valence-electron chi connectivity index (χ0n) is 15.7. The van der Waals surface area contributed by atoms with E-state index < -0.39 is 0 Å². The van der Waals surface area contributed by atoms with E-state index in [4.69, 9.17) is 5.73 Å². The molecular formula is C22H24FN5. The van der Waals surface area contributed by atoms with Gasteiger partial charge in [-0.2, -0.15) is 0 Å². The number of nitrogens with one attached hydrogen (secondary N) is 1. The molecule has 4 rings (SSSR count). The number of aromatic nitrogens is 2. The average molecular weight is 377 g/mol. The minimum absolute atomic E-state index is 0.344. The topological polar surface area (TPSA) is 67.1 Å². The Morgan fingerprint density at radius 3 is 2.46 bits per heavy atom. The van der Waals surface area contributed by atoms with Crippen LogP contribution in [0, 0.1) is 11.7 Å². The van der Waals surface area contributed by atoms with Gasteiger partial charge in [0.1, 0.15) is 17.8 Å². The van der Waals surface area contributed by atoms with Gasteiger partial charge in [-0.05, 0) is 42.9 Å². The molecule has 1 saturated heterocycles. The van der Waals surface area contributed by atoms with Crippen molar-refractivity contribution < 1.29 is 4.39 Å². The smallest absolute Gasteiger partial charge is 0.159 e. The predicted octanol–water partition coefficient (Wildman–Crippen LogP) is 4.40. The van der Waals surface area contributed by atoms with Crippen molar-refractivity contribution in [3.63, 3.8) is 0 Å². The highest BCUT2D eigenvalue weighted by molar-refractivity contribution is 5.78. The van der Waals surface area contributed by atoms with Crippen LogP contribution < -0.4 is 16.0 Å². The molecule has 1 aromatic heterocycles. The SMILES string of the molecule is Nc1c(Nc2ccccc2F)ncnc1N1CCC(Cc2ccccc2)CC1. The summed E-state index contributed by atoms with van der Waals surface area (Å²) < 4.78 is 13.9. The summed E-state index contributed by atoms with van der Waals surface area (Å²) in [6, 6.07) is 17.1. The van der Waals surface area contributed by atoms with Crippen molar-refractivity contribution >= 4 is 23.0 Å². The number of anilines is 4. The van der Waals surface area contributed by atoms with E-state index in [0.29, 0.717) is 28.9 Å². The molecular weight excluding hydrogens is 353 g/mol. The van der Waals surface area contributed by atoms with Gasteiger partial charge in [-0.25, -0.2) is 14.4 Å². The van der Waals surface area contributed by atoms with Crippen molar-refractivity contribution in [1.82, 2.24) is 9.97 Å². The lowest BCUT2D eigenvalue weighted by molar-refractivity contribution is 0.402. The van der Waals surface area contributed by atoms with Crippen LogP contribution in [0.2, 0.25) is 0 Å². The monoisotopic (exact) mass is 377 g/mol. The highest BCUT2D eigenvalue weighted by Gasteiger charge is 2.23. The molecule has 28 heavy (non-hydrogen) atoms. The first-order valence-electron chi connectivity index (χ1n) is 9.61. The fourth-order valence-electron chi connectivity index (χ4n) is 3.72. The van der Waals surface area contributed by atoms with Crippen molar-refractivity contribution in [1.29, 1.82) is 0 Å². The second-order valence-corrected chi connectivity index (χ2v) is 7.18. The maximum atomic E-state index is 13.9. The number of halogens is 1. The molecule has 6 heteroatoms. The molecule has 1 aliphatic rings. The normalized spacial score (nSPS) is 14.8. The molecule has 2 heterocycles. The molecule has 0 unspecified atom stereocenters. The number of benzene rings is 2. The minimum atomic E-state index is -0.344. The van der Waals surface area contributed by atoms with Crippen molar-refractivity contribution in [3.05, 3.63) is 72.3 Å². The Hall–Kier alpha value is -3.15. The van der Waals surface area contributed by atoms with E-state index in [9.17, 15) is 4.39 Å². The summed E-state index contributed by atoms with van der Waals surface area (Å²) in [5, 5.41) is 2.98. The number of para-hydroxylation sites is 1. The van der Waals surface area contributed by atoms with Crippen LogP contribution in [0.5, 0.6) is 0 Å². The van der Waals surface area contributed by atoms with Crippen molar-refractivity contribution in [2.75, 3.05) is 29.0 Å². The summed E-state index contributed by atoms with van der Waals surface area (Å²) >= 11 is 0. The fourth-order valence-corrected chi connectivity index (χ4v) is 3.72. The van der Waals surface area contributed by atoms with E-state index >= 15 is 0 Å². The highest BCUT2D eigenvalue weighted by Crippen LogP contribution is 2.32. The fraction of sp³-hybridized carbons (Fsp3) is 0.273. The molecule has 0 bridgehead atoms. The van der Waals surface area contributed by atoms with Crippen LogP contribution >= 0.6 is 0 Å². The third-order valence-corrected chi connectivity index (χ3v) is 5.27. The molecule has 5 nitrogen and oxygen atoms in total. The lowest BCUT2D eigenvalue weighted by Gasteiger charge is -2.33. The third kappa shape index (κ3) is 4.06. The van der Waals surface area contributed by atoms with Gasteiger partial charge in [-0.3, -0.25) is 0 Å². The summed E-state index contributed by atoms with van der Waals surface area (Å²) in [7, 11) is 0. The van der Waals surface area contributed by atoms with Crippen molar-refractivity contribution in [2.45, 2.75) is 19.3 Å². The van der Waals surface area contributed by atoms with E-state index in [1.54, 1.807) is 18.2 Å². The highest BCUT2D eigenvalue weighted by atomic mass is 19.1. The average Bonchev–Trinajstić information content (AvgIpc) is 2.73. The molecule has 2 aromatic carbocycles. The number of hydrogen-bond donors (Lipinski definition) is 2. The number of rotatable bonds is 5. The largest absolute Gasteiger partial charge is 0.393 e. The van der Waals surface area contributed by atoms with E-state index in [1.807, 2.05) is 0 Å². The van der Waals surface area contributed by atoms with Crippen LogP contribution in [0.4, 0.5) is 27.4 Å². The minimum Gasteiger partial charge on any atom is -0.393 e. The second kappa shape index (κ2) is 8.25. The van der Waals surface area contributed by atoms with Crippen LogP contribution in [0.1, 0.15) is 18.4 Å². The van der Waals surface area contributed by atoms with Gasteiger partial charge in [-0.15, -0.1) is 0 Å². The Balaban J connectivity index is 1.43. The Morgan fingerprint density at radius 1 is 1.00 bits per heavy atom. The first-order chi connectivity index (χ1) is 13.7. The van der Waals surface area contributed by atoms with Crippen LogP contribution in [0.15, 0.2) is 60.9 Å². The molecule has 3 N–H and O–H groups in total. The van der Waals surface area contributed by atoms with E-state index in [1.165, 1.54) is 18.0 Å². The van der Waals surface area contributed by atoms with Gasteiger partial charge in [0.2, 0.25) is 0 Å². The summed E-state index contributed by atoms with van der Waals surface area (Å²) in [6.45, 7) is 1.80. The molecule has 3 aromatic rings. The van der Waals surface area contributed by atoms with Crippen LogP contribution in [0.25, 0.3) is 0 Å². The Kier molecular flexibility index (Phi) is 5.37. The number of piperidine rings is 1. The molecule has 1 fully saturated rings. The molecule has 0 saturated carbocycles. The van der Waals surface area contributed by atoms with E-state index in [0.717, 1.165) is 32.4 Å². The van der Waals surface area contributed by atoms with Gasteiger partial charge >= 0.3 is 0 Å². The molecule has 0 radical (unpaired) electrons. The molecule has 0 aliphatic carbocycles. The predicted molar refractivity (Wildman–Crippen MR) is 111 cm³/mol. The zero-order chi connectivity index (χ0) is 19.3. The first kappa shape index (κ1) is 18.2. The summed E-state index contributed by atoms with van der Waals surface area (Å²) in [6.07, 6.45) is 4.77. The van der Waals surface area contributed by atoms with Gasteiger partial charge in [0.15, 0.2) is 11.6 Å². The molecule has 144 valence electrons. The second-order valence-electron chi connectivity index (χ2n) is 7.18. The van der Waals surface area contributed by atoms with E-state index in [2.05, 4.69) is 50.5 Å². The van der Waals surface area contributed by atoms with Crippen molar-refractivity contribution in [3.8, 4) is 0 Å². The molecule has 0 atom stereocenters. The number of nitrogens with two attached hydrogens (primary N) is 1. The molecule has 1 aliphatic heterocycles. The van der Waals surface area contributed by atoms with Crippen LogP contribution in [-0.4, -0.2) is 23.1 Å². The van der Waals surface area contributed by atoms with Crippen molar-refractivity contribution in [2.24, 2.45) is 5.92 Å². The molecule has 0 spiro atoms. The maximum Gasteiger partial charge on any atom is 0.159 e. The summed E-state index contributed by atoms with van der Waals surface area (Å²) in [4.78, 5) is 10.8. The van der Waals surface area contributed by atoms with Crippen LogP contribution in [0.3, 0.4) is 0 Å². The first-order valence-corrected chi connectivity index (χ1v) is 9.61. The van der Waals surface area contributed by atoms with E-state index in [-0.39, 0.29) is 5.82 Å². The summed E-state index contributed by atoms with van der Waals surface area (Å²) in [5.74, 6) is 1.47.